The Balaban J connectivity index is 2.69. The summed E-state index contributed by atoms with van der Waals surface area (Å²) in [7, 11) is 0. The predicted molar refractivity (Wildman–Crippen MR) is 65.7 cm³/mol. The van der Waals surface area contributed by atoms with Crippen LogP contribution >= 0.6 is 0 Å². The zero-order valence-electron chi connectivity index (χ0n) is 10.3. The fourth-order valence-electron chi connectivity index (χ4n) is 1.19. The van der Waals surface area contributed by atoms with Gasteiger partial charge in [0.05, 0.1) is 5.56 Å². The average Bonchev–Trinajstić information content (AvgIpc) is 2.36. The van der Waals surface area contributed by atoms with Gasteiger partial charge in [0.25, 0.3) is 0 Å². The van der Waals surface area contributed by atoms with E-state index in [1.807, 2.05) is 0 Å². The van der Waals surface area contributed by atoms with Crippen LogP contribution < -0.4 is 0 Å². The first-order chi connectivity index (χ1) is 8.47. The maximum atomic E-state index is 11.8. The van der Waals surface area contributed by atoms with E-state index < -0.39 is 17.5 Å². The maximum absolute atomic E-state index is 11.8. The van der Waals surface area contributed by atoms with Crippen molar-refractivity contribution in [2.24, 2.45) is 0 Å². The molecule has 4 nitrogen and oxygen atoms in total. The Morgan fingerprint density at radius 1 is 1.28 bits per heavy atom. The van der Waals surface area contributed by atoms with Gasteiger partial charge >= 0.3 is 11.9 Å². The second-order valence-corrected chi connectivity index (χ2v) is 4.05. The highest BCUT2D eigenvalue weighted by Gasteiger charge is 2.34. The SMILES string of the molecule is C#CCOC(=O)C(C)(C)OC(=O)c1ccccc1. The Kier molecular flexibility index (Phi) is 4.50. The summed E-state index contributed by atoms with van der Waals surface area (Å²) >= 11 is 0. The highest BCUT2D eigenvalue weighted by atomic mass is 16.6. The Hall–Kier alpha value is -2.28. The quantitative estimate of drug-likeness (QED) is 0.600. The van der Waals surface area contributed by atoms with Gasteiger partial charge in [-0.25, -0.2) is 9.59 Å². The van der Waals surface area contributed by atoms with E-state index >= 15 is 0 Å². The lowest BCUT2D eigenvalue weighted by Gasteiger charge is -2.22. The predicted octanol–water partition coefficient (Wildman–Crippen LogP) is 1.80. The molecule has 0 radical (unpaired) electrons. The molecule has 0 saturated carbocycles. The number of carbonyl (C=O) groups excluding carboxylic acids is 2. The highest BCUT2D eigenvalue weighted by Crippen LogP contribution is 2.15. The number of esters is 2. The Bertz CT molecular complexity index is 468. The molecule has 0 aliphatic rings. The molecule has 4 heteroatoms. The number of ether oxygens (including phenoxy) is 2. The molecule has 0 bridgehead atoms. The lowest BCUT2D eigenvalue weighted by molar-refractivity contribution is -0.161. The van der Waals surface area contributed by atoms with Crippen molar-refractivity contribution in [1.82, 2.24) is 0 Å². The van der Waals surface area contributed by atoms with Crippen LogP contribution in [0.4, 0.5) is 0 Å². The van der Waals surface area contributed by atoms with Gasteiger partial charge in [-0.2, -0.15) is 0 Å². The van der Waals surface area contributed by atoms with Crippen molar-refractivity contribution in [1.29, 1.82) is 0 Å². The van der Waals surface area contributed by atoms with E-state index in [1.165, 1.54) is 13.8 Å². The highest BCUT2D eigenvalue weighted by molar-refractivity contribution is 5.92. The largest absolute Gasteiger partial charge is 0.450 e. The van der Waals surface area contributed by atoms with Crippen molar-refractivity contribution in [2.75, 3.05) is 6.61 Å². The van der Waals surface area contributed by atoms with Gasteiger partial charge in [-0.15, -0.1) is 6.42 Å². The number of terminal acetylenes is 1. The first-order valence-corrected chi connectivity index (χ1v) is 5.36. The van der Waals surface area contributed by atoms with E-state index in [0.717, 1.165) is 0 Å². The van der Waals surface area contributed by atoms with Crippen LogP contribution in [0.25, 0.3) is 0 Å². The van der Waals surface area contributed by atoms with Crippen molar-refractivity contribution in [3.05, 3.63) is 35.9 Å². The van der Waals surface area contributed by atoms with Crippen molar-refractivity contribution in [3.63, 3.8) is 0 Å². The van der Waals surface area contributed by atoms with E-state index in [4.69, 9.17) is 15.9 Å². The van der Waals surface area contributed by atoms with Crippen LogP contribution in [0.2, 0.25) is 0 Å². The van der Waals surface area contributed by atoms with Gasteiger partial charge in [-0.05, 0) is 26.0 Å². The molecule has 1 aromatic rings. The summed E-state index contributed by atoms with van der Waals surface area (Å²) in [6.07, 6.45) is 4.98. The molecule has 0 amide bonds. The van der Waals surface area contributed by atoms with Crippen LogP contribution in [0.3, 0.4) is 0 Å². The van der Waals surface area contributed by atoms with Crippen LogP contribution in [0.15, 0.2) is 30.3 Å². The van der Waals surface area contributed by atoms with Crippen LogP contribution in [0.1, 0.15) is 24.2 Å². The fourth-order valence-corrected chi connectivity index (χ4v) is 1.19. The fraction of sp³-hybridized carbons (Fsp3) is 0.286. The van der Waals surface area contributed by atoms with Crippen LogP contribution in [0, 0.1) is 12.3 Å². The summed E-state index contributed by atoms with van der Waals surface area (Å²) in [4.78, 5) is 23.4. The average molecular weight is 246 g/mol. The minimum Gasteiger partial charge on any atom is -0.450 e. The molecule has 1 rings (SSSR count). The molecule has 0 aromatic heterocycles. The van der Waals surface area contributed by atoms with Crippen LogP contribution in [0.5, 0.6) is 0 Å². The molecule has 0 heterocycles. The third kappa shape index (κ3) is 3.63. The molecule has 0 spiro atoms. The number of carbonyl (C=O) groups is 2. The van der Waals surface area contributed by atoms with Crippen molar-refractivity contribution < 1.29 is 19.1 Å². The van der Waals surface area contributed by atoms with Crippen LogP contribution in [-0.4, -0.2) is 24.1 Å². The van der Waals surface area contributed by atoms with Gasteiger partial charge in [-0.3, -0.25) is 0 Å². The monoisotopic (exact) mass is 246 g/mol. The Labute approximate surface area is 106 Å². The number of benzene rings is 1. The van der Waals surface area contributed by atoms with Crippen molar-refractivity contribution in [3.8, 4) is 12.3 Å². The number of hydrogen-bond acceptors (Lipinski definition) is 4. The summed E-state index contributed by atoms with van der Waals surface area (Å²) in [5.74, 6) is 0.911. The summed E-state index contributed by atoms with van der Waals surface area (Å²) in [6.45, 7) is 2.75. The van der Waals surface area contributed by atoms with E-state index in [-0.39, 0.29) is 6.61 Å². The third-order valence-electron chi connectivity index (χ3n) is 2.14. The standard InChI is InChI=1S/C14H14O4/c1-4-10-17-13(16)14(2,3)18-12(15)11-8-6-5-7-9-11/h1,5-9H,10H2,2-3H3. The zero-order valence-corrected chi connectivity index (χ0v) is 10.3. The first-order valence-electron chi connectivity index (χ1n) is 5.36. The Morgan fingerprint density at radius 2 is 1.89 bits per heavy atom. The minimum absolute atomic E-state index is 0.148. The second-order valence-electron chi connectivity index (χ2n) is 4.05. The van der Waals surface area contributed by atoms with Crippen molar-refractivity contribution >= 4 is 11.9 Å². The lowest BCUT2D eigenvalue weighted by atomic mass is 10.1. The van der Waals surface area contributed by atoms with E-state index in [1.54, 1.807) is 30.3 Å². The Morgan fingerprint density at radius 3 is 2.44 bits per heavy atom. The summed E-state index contributed by atoms with van der Waals surface area (Å²) in [6, 6.07) is 8.40. The molecule has 0 fully saturated rings. The summed E-state index contributed by atoms with van der Waals surface area (Å²) in [5.41, 5.74) is -1.00. The molecule has 0 aliphatic heterocycles. The molecule has 1 aromatic carbocycles. The topological polar surface area (TPSA) is 52.6 Å². The molecule has 0 atom stereocenters. The van der Waals surface area contributed by atoms with Gasteiger partial charge in [0, 0.05) is 0 Å². The smallest absolute Gasteiger partial charge is 0.350 e. The molecule has 0 unspecified atom stereocenters. The van der Waals surface area contributed by atoms with E-state index in [0.29, 0.717) is 5.56 Å². The lowest BCUT2D eigenvalue weighted by Crippen LogP contribution is -2.38. The first kappa shape index (κ1) is 13.8. The number of hydrogen-bond donors (Lipinski definition) is 0. The maximum Gasteiger partial charge on any atom is 0.350 e. The summed E-state index contributed by atoms with van der Waals surface area (Å²) < 4.78 is 9.84. The number of rotatable bonds is 4. The van der Waals surface area contributed by atoms with Gasteiger partial charge in [0.15, 0.2) is 6.61 Å². The third-order valence-corrected chi connectivity index (χ3v) is 2.14. The van der Waals surface area contributed by atoms with Crippen molar-refractivity contribution in [2.45, 2.75) is 19.4 Å². The van der Waals surface area contributed by atoms with Crippen LogP contribution in [-0.2, 0) is 14.3 Å². The summed E-state index contributed by atoms with van der Waals surface area (Å²) in [5, 5.41) is 0. The molecule has 0 aliphatic carbocycles. The molecule has 18 heavy (non-hydrogen) atoms. The van der Waals surface area contributed by atoms with Gasteiger partial charge in [-0.1, -0.05) is 24.1 Å². The van der Waals surface area contributed by atoms with Gasteiger partial charge < -0.3 is 9.47 Å². The normalized spacial score (nSPS) is 10.3. The molecule has 0 N–H and O–H groups in total. The van der Waals surface area contributed by atoms with Gasteiger partial charge in [0.2, 0.25) is 5.60 Å². The van der Waals surface area contributed by atoms with Gasteiger partial charge in [0.1, 0.15) is 0 Å². The van der Waals surface area contributed by atoms with E-state index in [2.05, 4.69) is 5.92 Å². The minimum atomic E-state index is -1.37. The molecule has 94 valence electrons. The molecular weight excluding hydrogens is 232 g/mol. The second kappa shape index (κ2) is 5.87. The van der Waals surface area contributed by atoms with E-state index in [9.17, 15) is 9.59 Å². The zero-order chi connectivity index (χ0) is 13.6. The molecular formula is C14H14O4. The molecule has 0 saturated heterocycles.